The van der Waals surface area contributed by atoms with Crippen LogP contribution in [0.2, 0.25) is 0 Å². The van der Waals surface area contributed by atoms with Crippen LogP contribution in [0, 0.1) is 5.92 Å². The van der Waals surface area contributed by atoms with Gasteiger partial charge >= 0.3 is 0 Å². The van der Waals surface area contributed by atoms with E-state index in [0.717, 1.165) is 0 Å². The Morgan fingerprint density at radius 1 is 1.83 bits per heavy atom. The second kappa shape index (κ2) is 3.99. The summed E-state index contributed by atoms with van der Waals surface area (Å²) in [6, 6.07) is 0. The lowest BCUT2D eigenvalue weighted by Crippen LogP contribution is -2.15. The van der Waals surface area contributed by atoms with Crippen LogP contribution in [-0.2, 0) is 4.79 Å². The highest BCUT2D eigenvalue weighted by molar-refractivity contribution is 9.09. The van der Waals surface area contributed by atoms with E-state index >= 15 is 0 Å². The predicted octanol–water partition coefficient (Wildman–Crippen LogP) is 2.77. The van der Waals surface area contributed by atoms with E-state index in [9.17, 15) is 9.18 Å². The van der Waals surface area contributed by atoms with Gasteiger partial charge in [-0.05, 0) is 12.5 Å². The number of Topliss-reactive ketones (excluding diaryl/α,β-unsaturated/α-hetero) is 1. The van der Waals surface area contributed by atoms with Crippen molar-refractivity contribution in [2.24, 2.45) is 5.92 Å². The van der Waals surface area contributed by atoms with Gasteiger partial charge in [-0.15, -0.1) is 0 Å². The summed E-state index contributed by atoms with van der Waals surface area (Å²) in [4.78, 5) is 11.1. The zero-order valence-corrected chi connectivity index (χ0v) is 8.40. The molecule has 0 aromatic carbocycles. The maximum absolute atomic E-state index is 13.0. The highest BCUT2D eigenvalue weighted by atomic mass is 79.9. The Kier molecular flexibility index (Phi) is 3.20. The lowest BCUT2D eigenvalue weighted by atomic mass is 9.93. The monoisotopic (exact) mass is 232 g/mol. The molecular formula is C9H10BrFO. The molecule has 1 rings (SSSR count). The van der Waals surface area contributed by atoms with Gasteiger partial charge in [-0.2, -0.15) is 0 Å². The average molecular weight is 233 g/mol. The molecule has 0 fully saturated rings. The van der Waals surface area contributed by atoms with E-state index < -0.39 is 0 Å². The first-order chi connectivity index (χ1) is 5.65. The second-order valence-electron chi connectivity index (χ2n) is 2.86. The van der Waals surface area contributed by atoms with Crippen molar-refractivity contribution in [2.45, 2.75) is 13.3 Å². The van der Waals surface area contributed by atoms with Crippen LogP contribution in [0.1, 0.15) is 13.3 Å². The normalized spacial score (nSPS) is 23.1. The fourth-order valence-electron chi connectivity index (χ4n) is 1.09. The van der Waals surface area contributed by atoms with Gasteiger partial charge in [-0.1, -0.05) is 28.1 Å². The zero-order valence-electron chi connectivity index (χ0n) is 6.81. The minimum Gasteiger partial charge on any atom is -0.298 e. The first-order valence-electron chi connectivity index (χ1n) is 3.77. The Balaban J connectivity index is 2.69. The van der Waals surface area contributed by atoms with Crippen LogP contribution >= 0.6 is 15.9 Å². The fourth-order valence-corrected chi connectivity index (χ4v) is 1.51. The van der Waals surface area contributed by atoms with Gasteiger partial charge in [0.2, 0.25) is 0 Å². The highest BCUT2D eigenvalue weighted by Gasteiger charge is 2.19. The van der Waals surface area contributed by atoms with Crippen molar-refractivity contribution in [3.05, 3.63) is 23.6 Å². The van der Waals surface area contributed by atoms with Crippen LogP contribution in [0.5, 0.6) is 0 Å². The van der Waals surface area contributed by atoms with E-state index in [2.05, 4.69) is 15.9 Å². The Morgan fingerprint density at radius 3 is 3.00 bits per heavy atom. The molecule has 1 aliphatic carbocycles. The van der Waals surface area contributed by atoms with Crippen molar-refractivity contribution in [1.29, 1.82) is 0 Å². The lowest BCUT2D eigenvalue weighted by molar-refractivity contribution is -0.119. The van der Waals surface area contributed by atoms with Crippen LogP contribution in [0.15, 0.2) is 23.6 Å². The predicted molar refractivity (Wildman–Crippen MR) is 49.9 cm³/mol. The van der Waals surface area contributed by atoms with Crippen LogP contribution in [0.3, 0.4) is 0 Å². The number of carbonyl (C=O) groups excluding carboxylic acids is 1. The van der Waals surface area contributed by atoms with Gasteiger partial charge in [0, 0.05) is 12.3 Å². The molecule has 0 saturated carbocycles. The van der Waals surface area contributed by atoms with E-state index in [0.29, 0.717) is 10.9 Å². The van der Waals surface area contributed by atoms with E-state index in [1.165, 1.54) is 0 Å². The summed E-state index contributed by atoms with van der Waals surface area (Å²) in [5.41, 5.74) is 0.633. The van der Waals surface area contributed by atoms with Gasteiger partial charge in [0.15, 0.2) is 5.78 Å². The number of halogens is 2. The number of hydrogen-bond donors (Lipinski definition) is 0. The third-order valence-electron chi connectivity index (χ3n) is 1.95. The summed E-state index contributed by atoms with van der Waals surface area (Å²) in [7, 11) is 0. The molecule has 66 valence electrons. The number of carbonyl (C=O) groups is 1. The number of rotatable bonds is 2. The molecule has 0 bridgehead atoms. The lowest BCUT2D eigenvalue weighted by Gasteiger charge is -2.13. The highest BCUT2D eigenvalue weighted by Crippen LogP contribution is 2.25. The van der Waals surface area contributed by atoms with E-state index in [1.54, 1.807) is 19.1 Å². The molecule has 1 unspecified atom stereocenters. The van der Waals surface area contributed by atoms with Gasteiger partial charge in [-0.25, -0.2) is 4.39 Å². The number of hydrogen-bond acceptors (Lipinski definition) is 1. The van der Waals surface area contributed by atoms with E-state index in [4.69, 9.17) is 0 Å². The SMILES string of the molecule is CC1=C(F)CC(C(=O)CBr)C=C1. The standard InChI is InChI=1S/C9H10BrFO/c1-6-2-3-7(4-8(6)11)9(12)5-10/h2-3,7H,4-5H2,1H3. The third-order valence-corrected chi connectivity index (χ3v) is 2.50. The summed E-state index contributed by atoms with van der Waals surface area (Å²) in [6.07, 6.45) is 3.67. The minimum absolute atomic E-state index is 0.0360. The molecule has 0 saturated heterocycles. The molecule has 0 spiro atoms. The van der Waals surface area contributed by atoms with Crippen LogP contribution in [0.25, 0.3) is 0 Å². The Hall–Kier alpha value is -0.440. The smallest absolute Gasteiger partial charge is 0.150 e. The Bertz CT molecular complexity index is 255. The molecule has 0 aliphatic heterocycles. The van der Waals surface area contributed by atoms with Crippen molar-refractivity contribution in [3.8, 4) is 0 Å². The summed E-state index contributed by atoms with van der Waals surface area (Å²) >= 11 is 3.06. The van der Waals surface area contributed by atoms with Gasteiger partial charge in [0.05, 0.1) is 5.33 Å². The molecule has 0 aromatic rings. The van der Waals surface area contributed by atoms with Gasteiger partial charge in [-0.3, -0.25) is 4.79 Å². The molecule has 0 radical (unpaired) electrons. The van der Waals surface area contributed by atoms with Crippen LogP contribution in [0.4, 0.5) is 4.39 Å². The van der Waals surface area contributed by atoms with Gasteiger partial charge < -0.3 is 0 Å². The third kappa shape index (κ3) is 2.03. The summed E-state index contributed by atoms with van der Waals surface area (Å²) in [6.45, 7) is 1.71. The largest absolute Gasteiger partial charge is 0.298 e. The minimum atomic E-state index is -0.270. The number of allylic oxidation sites excluding steroid dienone is 4. The second-order valence-corrected chi connectivity index (χ2v) is 3.42. The molecule has 1 nitrogen and oxygen atoms in total. The zero-order chi connectivity index (χ0) is 9.14. The van der Waals surface area contributed by atoms with Gasteiger partial charge in [0.1, 0.15) is 5.83 Å². The van der Waals surface area contributed by atoms with Crippen molar-refractivity contribution < 1.29 is 9.18 Å². The molecule has 0 N–H and O–H groups in total. The quantitative estimate of drug-likeness (QED) is 0.670. The molecule has 0 aromatic heterocycles. The molecule has 1 aliphatic rings. The molecule has 1 atom stereocenters. The first kappa shape index (κ1) is 9.65. The van der Waals surface area contributed by atoms with Crippen LogP contribution < -0.4 is 0 Å². The summed E-state index contributed by atoms with van der Waals surface area (Å²) in [5, 5.41) is 0.300. The number of alkyl halides is 1. The maximum atomic E-state index is 13.0. The Labute approximate surface area is 79.5 Å². The maximum Gasteiger partial charge on any atom is 0.150 e. The van der Waals surface area contributed by atoms with Crippen molar-refractivity contribution in [1.82, 2.24) is 0 Å². The van der Waals surface area contributed by atoms with Gasteiger partial charge in [0.25, 0.3) is 0 Å². The van der Waals surface area contributed by atoms with Crippen molar-refractivity contribution in [2.75, 3.05) is 5.33 Å². The molecule has 3 heteroatoms. The Morgan fingerprint density at radius 2 is 2.50 bits per heavy atom. The molecule has 0 amide bonds. The number of ketones is 1. The van der Waals surface area contributed by atoms with E-state index in [1.807, 2.05) is 0 Å². The molecule has 0 heterocycles. The summed E-state index contributed by atoms with van der Waals surface area (Å²) < 4.78 is 13.0. The van der Waals surface area contributed by atoms with Crippen molar-refractivity contribution >= 4 is 21.7 Å². The molecule has 12 heavy (non-hydrogen) atoms. The average Bonchev–Trinajstić information content (AvgIpc) is 2.08. The van der Waals surface area contributed by atoms with Crippen molar-refractivity contribution in [3.63, 3.8) is 0 Å². The first-order valence-corrected chi connectivity index (χ1v) is 4.89. The fraction of sp³-hybridized carbons (Fsp3) is 0.444. The van der Waals surface area contributed by atoms with Crippen LogP contribution in [-0.4, -0.2) is 11.1 Å². The van der Waals surface area contributed by atoms with E-state index in [-0.39, 0.29) is 23.9 Å². The topological polar surface area (TPSA) is 17.1 Å². The molecular weight excluding hydrogens is 223 g/mol. The summed E-state index contributed by atoms with van der Waals surface area (Å²) in [5.74, 6) is -0.404.